The van der Waals surface area contributed by atoms with E-state index in [-0.39, 0.29) is 11.6 Å². The highest BCUT2D eigenvalue weighted by Gasteiger charge is 2.21. The molecule has 0 fully saturated rings. The second-order valence-corrected chi connectivity index (χ2v) is 6.60. The van der Waals surface area contributed by atoms with Crippen LogP contribution >= 0.6 is 27.3 Å². The van der Waals surface area contributed by atoms with Gasteiger partial charge < -0.3 is 5.32 Å². The Morgan fingerprint density at radius 3 is 2.67 bits per heavy atom. The van der Waals surface area contributed by atoms with Crippen LogP contribution in [0.1, 0.15) is 35.9 Å². The molecule has 1 aromatic carbocycles. The van der Waals surface area contributed by atoms with E-state index in [1.165, 1.54) is 17.7 Å². The van der Waals surface area contributed by atoms with Crippen LogP contribution < -0.4 is 5.32 Å². The topological polar surface area (TPSA) is 12.0 Å². The number of aryl methyl sites for hydroxylation is 1. The molecule has 0 spiro atoms. The smallest absolute Gasteiger partial charge is 0.143 e. The van der Waals surface area contributed by atoms with Gasteiger partial charge in [-0.05, 0) is 64.5 Å². The first-order valence-electron chi connectivity index (χ1n) is 7.00. The third-order valence-electron chi connectivity index (χ3n) is 3.48. The molecule has 0 aliphatic heterocycles. The molecule has 0 aliphatic rings. The lowest BCUT2D eigenvalue weighted by molar-refractivity contribution is 0.500. The molecule has 0 saturated heterocycles. The summed E-state index contributed by atoms with van der Waals surface area (Å²) in [4.78, 5) is 1.16. The van der Waals surface area contributed by atoms with Gasteiger partial charge in [-0.1, -0.05) is 13.8 Å². The largest absolute Gasteiger partial charge is 0.309 e. The van der Waals surface area contributed by atoms with Gasteiger partial charge in [-0.2, -0.15) is 0 Å². The van der Waals surface area contributed by atoms with E-state index in [1.807, 2.05) is 12.3 Å². The number of benzene rings is 1. The molecular weight excluding hydrogens is 356 g/mol. The second kappa shape index (κ2) is 7.47. The average molecular weight is 374 g/mol. The molecule has 1 aromatic heterocycles. The number of hydrogen-bond acceptors (Lipinski definition) is 2. The summed E-state index contributed by atoms with van der Waals surface area (Å²) in [5.74, 6) is -0.999. The van der Waals surface area contributed by atoms with Crippen LogP contribution in [0, 0.1) is 11.6 Å². The van der Waals surface area contributed by atoms with Gasteiger partial charge in [0, 0.05) is 16.5 Å². The Balaban J connectivity index is 2.35. The highest BCUT2D eigenvalue weighted by atomic mass is 79.9. The van der Waals surface area contributed by atoms with Crippen molar-refractivity contribution in [3.05, 3.63) is 55.7 Å². The van der Waals surface area contributed by atoms with Crippen molar-refractivity contribution >= 4 is 27.3 Å². The maximum Gasteiger partial charge on any atom is 0.143 e. The highest BCUT2D eigenvalue weighted by molar-refractivity contribution is 9.10. The highest BCUT2D eigenvalue weighted by Crippen LogP contribution is 2.31. The molecular formula is C16H18BrF2NS. The summed E-state index contributed by atoms with van der Waals surface area (Å²) in [6.45, 7) is 4.84. The summed E-state index contributed by atoms with van der Waals surface area (Å²) in [6, 6.07) is 4.72. The summed E-state index contributed by atoms with van der Waals surface area (Å²) in [7, 11) is 0. The zero-order valence-corrected chi connectivity index (χ0v) is 14.5. The Hall–Kier alpha value is -0.780. The SMILES string of the molecule is CCNC(Cc1c(F)ccc(Br)c1F)c1sccc1CC. The molecule has 1 N–H and O–H groups in total. The normalized spacial score (nSPS) is 12.6. The maximum atomic E-state index is 14.2. The first kappa shape index (κ1) is 16.6. The summed E-state index contributed by atoms with van der Waals surface area (Å²) in [5.41, 5.74) is 1.37. The van der Waals surface area contributed by atoms with E-state index >= 15 is 0 Å². The van der Waals surface area contributed by atoms with Crippen LogP contribution in [0.2, 0.25) is 0 Å². The van der Waals surface area contributed by atoms with E-state index in [0.717, 1.165) is 17.8 Å². The predicted octanol–water partition coefficient (Wildman–Crippen LogP) is 5.24. The molecule has 0 bridgehead atoms. The molecule has 21 heavy (non-hydrogen) atoms. The Morgan fingerprint density at radius 1 is 1.24 bits per heavy atom. The molecule has 0 aliphatic carbocycles. The van der Waals surface area contributed by atoms with Gasteiger partial charge in [-0.15, -0.1) is 11.3 Å². The summed E-state index contributed by atoms with van der Waals surface area (Å²) in [6.07, 6.45) is 1.22. The van der Waals surface area contributed by atoms with Crippen molar-refractivity contribution in [1.29, 1.82) is 0 Å². The van der Waals surface area contributed by atoms with Crippen LogP contribution in [-0.4, -0.2) is 6.54 Å². The average Bonchev–Trinajstić information content (AvgIpc) is 2.95. The first-order valence-corrected chi connectivity index (χ1v) is 8.67. The monoisotopic (exact) mass is 373 g/mol. The number of nitrogens with one attached hydrogen (secondary N) is 1. The minimum absolute atomic E-state index is 0.0664. The van der Waals surface area contributed by atoms with Gasteiger partial charge in [0.2, 0.25) is 0 Å². The van der Waals surface area contributed by atoms with Gasteiger partial charge in [-0.25, -0.2) is 8.78 Å². The lowest BCUT2D eigenvalue weighted by Gasteiger charge is -2.19. The third kappa shape index (κ3) is 3.71. The van der Waals surface area contributed by atoms with Crippen LogP contribution in [0.25, 0.3) is 0 Å². The van der Waals surface area contributed by atoms with Crippen LogP contribution in [0.5, 0.6) is 0 Å². The van der Waals surface area contributed by atoms with Crippen molar-refractivity contribution in [1.82, 2.24) is 5.32 Å². The minimum atomic E-state index is -0.507. The number of rotatable bonds is 6. The zero-order chi connectivity index (χ0) is 15.4. The molecule has 0 radical (unpaired) electrons. The first-order chi connectivity index (χ1) is 10.1. The molecule has 1 unspecified atom stereocenters. The van der Waals surface area contributed by atoms with Crippen LogP contribution in [0.4, 0.5) is 8.78 Å². The van der Waals surface area contributed by atoms with E-state index < -0.39 is 11.6 Å². The fraction of sp³-hybridized carbons (Fsp3) is 0.375. The summed E-state index contributed by atoms with van der Waals surface area (Å²) >= 11 is 4.76. The van der Waals surface area contributed by atoms with Crippen molar-refractivity contribution in [3.8, 4) is 0 Å². The molecule has 1 atom stereocenters. The van der Waals surface area contributed by atoms with Gasteiger partial charge in [0.05, 0.1) is 4.47 Å². The number of halogens is 3. The van der Waals surface area contributed by atoms with E-state index in [1.54, 1.807) is 11.3 Å². The predicted molar refractivity (Wildman–Crippen MR) is 87.9 cm³/mol. The van der Waals surface area contributed by atoms with Crippen LogP contribution in [0.3, 0.4) is 0 Å². The standard InChI is InChI=1S/C16H18BrF2NS/c1-3-10-7-8-21-16(10)14(20-4-2)9-11-13(18)6-5-12(17)15(11)19/h5-8,14,20H,3-4,9H2,1-2H3. The molecule has 2 aromatic rings. The van der Waals surface area contributed by atoms with E-state index in [0.29, 0.717) is 10.9 Å². The third-order valence-corrected chi connectivity index (χ3v) is 5.16. The van der Waals surface area contributed by atoms with Crippen molar-refractivity contribution in [2.45, 2.75) is 32.7 Å². The molecule has 2 rings (SSSR count). The molecule has 114 valence electrons. The fourth-order valence-corrected chi connectivity index (χ4v) is 3.85. The van der Waals surface area contributed by atoms with Crippen molar-refractivity contribution in [2.75, 3.05) is 6.54 Å². The van der Waals surface area contributed by atoms with E-state index in [4.69, 9.17) is 0 Å². The Bertz CT molecular complexity index is 612. The molecule has 5 heteroatoms. The van der Waals surface area contributed by atoms with Gasteiger partial charge in [0.25, 0.3) is 0 Å². The summed E-state index contributed by atoms with van der Waals surface area (Å²) in [5, 5.41) is 5.38. The van der Waals surface area contributed by atoms with Gasteiger partial charge in [0.15, 0.2) is 0 Å². The lowest BCUT2D eigenvalue weighted by Crippen LogP contribution is -2.24. The van der Waals surface area contributed by atoms with E-state index in [9.17, 15) is 8.78 Å². The fourth-order valence-electron chi connectivity index (χ4n) is 2.41. The Morgan fingerprint density at radius 2 is 2.00 bits per heavy atom. The quantitative estimate of drug-likeness (QED) is 0.682. The lowest BCUT2D eigenvalue weighted by atomic mass is 10.0. The molecule has 0 amide bonds. The zero-order valence-electron chi connectivity index (χ0n) is 12.1. The van der Waals surface area contributed by atoms with E-state index in [2.05, 4.69) is 34.2 Å². The number of thiophene rings is 1. The maximum absolute atomic E-state index is 14.2. The van der Waals surface area contributed by atoms with Gasteiger partial charge in [-0.3, -0.25) is 0 Å². The van der Waals surface area contributed by atoms with Crippen molar-refractivity contribution in [2.24, 2.45) is 0 Å². The molecule has 0 saturated carbocycles. The number of hydrogen-bond donors (Lipinski definition) is 1. The van der Waals surface area contributed by atoms with Crippen molar-refractivity contribution < 1.29 is 8.78 Å². The van der Waals surface area contributed by atoms with Gasteiger partial charge >= 0.3 is 0 Å². The minimum Gasteiger partial charge on any atom is -0.309 e. The summed E-state index contributed by atoms with van der Waals surface area (Å²) < 4.78 is 28.4. The molecule has 1 nitrogen and oxygen atoms in total. The second-order valence-electron chi connectivity index (χ2n) is 4.80. The van der Waals surface area contributed by atoms with Gasteiger partial charge in [0.1, 0.15) is 11.6 Å². The Labute approximate surface area is 136 Å². The molecule has 1 heterocycles. The van der Waals surface area contributed by atoms with Crippen molar-refractivity contribution in [3.63, 3.8) is 0 Å². The van der Waals surface area contributed by atoms with Crippen LogP contribution in [0.15, 0.2) is 28.1 Å². The number of likely N-dealkylation sites (N-methyl/N-ethyl adjacent to an activating group) is 1. The van der Waals surface area contributed by atoms with Crippen LogP contribution in [-0.2, 0) is 12.8 Å². The Kier molecular flexibility index (Phi) is 5.90.